The molecule has 0 aromatic carbocycles. The first-order chi connectivity index (χ1) is 12.3. The smallest absolute Gasteiger partial charge is 0.192 e. The van der Waals surface area contributed by atoms with Gasteiger partial charge < -0.3 is 19.9 Å². The summed E-state index contributed by atoms with van der Waals surface area (Å²) in [5, 5.41) is 15.6. The molecule has 0 amide bonds. The number of methoxy groups -OCH3 is 1. The Morgan fingerprint density at radius 2 is 1.89 bits per heavy atom. The predicted octanol–water partition coefficient (Wildman–Crippen LogP) is 2.92. The lowest BCUT2D eigenvalue weighted by Crippen LogP contribution is -2.69. The van der Waals surface area contributed by atoms with Crippen molar-refractivity contribution < 1.29 is 4.74 Å². The predicted molar refractivity (Wildman–Crippen MR) is 118 cm³/mol. The monoisotopic (exact) mass is 490 g/mol. The largest absolute Gasteiger partial charge is 0.378 e. The van der Waals surface area contributed by atoms with Crippen LogP contribution < -0.4 is 10.6 Å². The number of rotatable bonds is 5. The van der Waals surface area contributed by atoms with Crippen LogP contribution in [0.1, 0.15) is 64.5 Å². The number of hydrogen-bond acceptors (Lipinski definition) is 4. The number of hydrogen-bond donors (Lipinski definition) is 2. The SMILES string of the molecule is COC1(C)CC(NC(=NCc2nnc(C)n2C)NC2CCCC2)C1(C)C.I. The Morgan fingerprint density at radius 1 is 1.22 bits per heavy atom. The van der Waals surface area contributed by atoms with Gasteiger partial charge in [0.25, 0.3) is 0 Å². The van der Waals surface area contributed by atoms with Crippen molar-refractivity contribution >= 4 is 29.9 Å². The Labute approximate surface area is 180 Å². The molecular weight excluding hydrogens is 455 g/mol. The second kappa shape index (κ2) is 8.63. The summed E-state index contributed by atoms with van der Waals surface area (Å²) >= 11 is 0. The van der Waals surface area contributed by atoms with Crippen LogP contribution >= 0.6 is 24.0 Å². The topological polar surface area (TPSA) is 76.4 Å². The van der Waals surface area contributed by atoms with Crippen LogP contribution in [0.15, 0.2) is 4.99 Å². The molecule has 27 heavy (non-hydrogen) atoms. The zero-order chi connectivity index (χ0) is 18.9. The van der Waals surface area contributed by atoms with Gasteiger partial charge in [-0.2, -0.15) is 0 Å². The molecule has 1 aromatic rings. The van der Waals surface area contributed by atoms with E-state index in [4.69, 9.17) is 9.73 Å². The molecule has 2 saturated carbocycles. The summed E-state index contributed by atoms with van der Waals surface area (Å²) in [6.45, 7) is 9.19. The minimum atomic E-state index is -0.0934. The maximum Gasteiger partial charge on any atom is 0.192 e. The van der Waals surface area contributed by atoms with Crippen LogP contribution in [-0.2, 0) is 18.3 Å². The van der Waals surface area contributed by atoms with E-state index in [2.05, 4.69) is 41.6 Å². The molecule has 0 bridgehead atoms. The van der Waals surface area contributed by atoms with Gasteiger partial charge in [-0.25, -0.2) is 4.99 Å². The molecule has 0 saturated heterocycles. The van der Waals surface area contributed by atoms with E-state index in [1.54, 1.807) is 7.11 Å². The van der Waals surface area contributed by atoms with Crippen molar-refractivity contribution in [2.75, 3.05) is 7.11 Å². The number of halogens is 1. The maximum atomic E-state index is 5.76. The highest BCUT2D eigenvalue weighted by Crippen LogP contribution is 2.51. The van der Waals surface area contributed by atoms with Gasteiger partial charge in [-0.3, -0.25) is 0 Å². The summed E-state index contributed by atoms with van der Waals surface area (Å²) in [6.07, 6.45) is 6.00. The van der Waals surface area contributed by atoms with E-state index in [-0.39, 0.29) is 35.0 Å². The number of guanidine groups is 1. The molecule has 3 rings (SSSR count). The molecule has 2 fully saturated rings. The van der Waals surface area contributed by atoms with Crippen molar-refractivity contribution in [3.05, 3.63) is 11.6 Å². The third-order valence-electron chi connectivity index (χ3n) is 6.85. The number of aryl methyl sites for hydroxylation is 1. The Hall–Kier alpha value is -0.900. The molecule has 2 unspecified atom stereocenters. The van der Waals surface area contributed by atoms with Crippen LogP contribution in [0.3, 0.4) is 0 Å². The number of aliphatic imine (C=N–C) groups is 1. The second-order valence-electron chi connectivity index (χ2n) is 8.57. The Bertz CT molecular complexity index is 667. The van der Waals surface area contributed by atoms with Crippen LogP contribution in [0.25, 0.3) is 0 Å². The van der Waals surface area contributed by atoms with Gasteiger partial charge in [0.15, 0.2) is 11.8 Å². The highest BCUT2D eigenvalue weighted by molar-refractivity contribution is 14.0. The lowest BCUT2D eigenvalue weighted by atomic mass is 9.56. The van der Waals surface area contributed by atoms with Gasteiger partial charge in [0, 0.05) is 31.7 Å². The van der Waals surface area contributed by atoms with Gasteiger partial charge in [-0.1, -0.05) is 26.7 Å². The molecule has 0 aliphatic heterocycles. The minimum absolute atomic E-state index is 0. The quantitative estimate of drug-likeness (QED) is 0.377. The van der Waals surface area contributed by atoms with Gasteiger partial charge in [0.05, 0.1) is 5.60 Å². The molecule has 2 atom stereocenters. The minimum Gasteiger partial charge on any atom is -0.378 e. The molecule has 1 heterocycles. The van der Waals surface area contributed by atoms with Crippen molar-refractivity contribution in [1.29, 1.82) is 0 Å². The Kier molecular flexibility index (Phi) is 7.16. The molecule has 154 valence electrons. The third kappa shape index (κ3) is 4.41. The summed E-state index contributed by atoms with van der Waals surface area (Å²) in [7, 11) is 3.79. The fourth-order valence-electron chi connectivity index (χ4n) is 4.02. The number of nitrogens with zero attached hydrogens (tertiary/aromatic N) is 4. The van der Waals surface area contributed by atoms with Gasteiger partial charge in [0.1, 0.15) is 12.4 Å². The first-order valence-electron chi connectivity index (χ1n) is 9.74. The van der Waals surface area contributed by atoms with Crippen LogP contribution in [0.2, 0.25) is 0 Å². The van der Waals surface area contributed by atoms with Gasteiger partial charge >= 0.3 is 0 Å². The van der Waals surface area contributed by atoms with Crippen LogP contribution in [0, 0.1) is 12.3 Å². The van der Waals surface area contributed by atoms with E-state index >= 15 is 0 Å². The van der Waals surface area contributed by atoms with E-state index in [1.807, 2.05) is 18.5 Å². The zero-order valence-corrected chi connectivity index (χ0v) is 19.8. The lowest BCUT2D eigenvalue weighted by molar-refractivity contribution is -0.176. The summed E-state index contributed by atoms with van der Waals surface area (Å²) in [5.41, 5.74) is -0.0505. The second-order valence-corrected chi connectivity index (χ2v) is 8.57. The molecule has 2 aliphatic carbocycles. The standard InChI is InChI=1S/C19H34N6O.HI/c1-13-23-24-16(25(13)5)12-20-17(21-14-9-7-8-10-14)22-15-11-19(4,26-6)18(15,2)3;/h14-15H,7-12H2,1-6H3,(H2,20,21,22);1H. The first-order valence-corrected chi connectivity index (χ1v) is 9.74. The van der Waals surface area contributed by atoms with E-state index < -0.39 is 0 Å². The molecule has 7 nitrogen and oxygen atoms in total. The van der Waals surface area contributed by atoms with E-state index in [0.29, 0.717) is 18.6 Å². The number of ether oxygens (including phenoxy) is 1. The third-order valence-corrected chi connectivity index (χ3v) is 6.85. The van der Waals surface area contributed by atoms with Crippen LogP contribution in [0.4, 0.5) is 0 Å². The van der Waals surface area contributed by atoms with Crippen LogP contribution in [-0.4, -0.2) is 45.5 Å². The molecule has 0 spiro atoms. The summed E-state index contributed by atoms with van der Waals surface area (Å²) in [4.78, 5) is 4.82. The van der Waals surface area contributed by atoms with E-state index in [1.165, 1.54) is 25.7 Å². The van der Waals surface area contributed by atoms with Gasteiger partial charge in [0.2, 0.25) is 0 Å². The number of nitrogens with one attached hydrogen (secondary N) is 2. The van der Waals surface area contributed by atoms with Crippen LogP contribution in [0.5, 0.6) is 0 Å². The van der Waals surface area contributed by atoms with Crippen molar-refractivity contribution in [3.63, 3.8) is 0 Å². The van der Waals surface area contributed by atoms with E-state index in [0.717, 1.165) is 24.0 Å². The maximum absolute atomic E-state index is 5.76. The highest BCUT2D eigenvalue weighted by atomic mass is 127. The summed E-state index contributed by atoms with van der Waals surface area (Å²) < 4.78 is 7.75. The fourth-order valence-corrected chi connectivity index (χ4v) is 4.02. The molecule has 0 radical (unpaired) electrons. The normalized spacial score (nSPS) is 27.8. The van der Waals surface area contributed by atoms with Crippen molar-refractivity contribution in [1.82, 2.24) is 25.4 Å². The lowest BCUT2D eigenvalue weighted by Gasteiger charge is -2.59. The van der Waals surface area contributed by atoms with E-state index in [9.17, 15) is 0 Å². The average molecular weight is 490 g/mol. The van der Waals surface area contributed by atoms with Gasteiger partial charge in [-0.05, 0) is 33.1 Å². The number of aromatic nitrogens is 3. The molecule has 2 aliphatic rings. The Morgan fingerprint density at radius 3 is 2.41 bits per heavy atom. The first kappa shape index (κ1) is 22.4. The molecule has 8 heteroatoms. The van der Waals surface area contributed by atoms with Crippen molar-refractivity contribution in [2.45, 2.75) is 84.0 Å². The highest BCUT2D eigenvalue weighted by Gasteiger charge is 2.58. The molecule has 1 aromatic heterocycles. The van der Waals surface area contributed by atoms with Gasteiger partial charge in [-0.15, -0.1) is 34.2 Å². The summed E-state index contributed by atoms with van der Waals surface area (Å²) in [5.74, 6) is 2.67. The zero-order valence-electron chi connectivity index (χ0n) is 17.5. The fraction of sp³-hybridized carbons (Fsp3) is 0.842. The van der Waals surface area contributed by atoms with Crippen molar-refractivity contribution in [3.8, 4) is 0 Å². The summed E-state index contributed by atoms with van der Waals surface area (Å²) in [6, 6.07) is 0.848. The average Bonchev–Trinajstić information content (AvgIpc) is 3.23. The van der Waals surface area contributed by atoms with Crippen molar-refractivity contribution in [2.24, 2.45) is 17.5 Å². The molecular formula is C19H35IN6O. The molecule has 2 N–H and O–H groups in total. The Balaban J connectivity index is 0.00000261.